The van der Waals surface area contributed by atoms with Crippen LogP contribution in [-0.2, 0) is 10.2 Å². The lowest BCUT2D eigenvalue weighted by Crippen LogP contribution is -2.34. The minimum atomic E-state index is -0.132. The Labute approximate surface area is 181 Å². The van der Waals surface area contributed by atoms with Crippen LogP contribution in [0.5, 0.6) is 5.75 Å². The zero-order valence-corrected chi connectivity index (χ0v) is 19.2. The second-order valence-corrected chi connectivity index (χ2v) is 8.97. The minimum Gasteiger partial charge on any atom is -0.494 e. The van der Waals surface area contributed by atoms with E-state index in [1.807, 2.05) is 37.3 Å². The zero-order valence-electron chi connectivity index (χ0n) is 16.8. The van der Waals surface area contributed by atoms with Crippen LogP contribution in [0.4, 0.5) is 5.69 Å². The van der Waals surface area contributed by atoms with E-state index in [1.54, 1.807) is 0 Å². The monoisotopic (exact) mass is 462 g/mol. The largest absolute Gasteiger partial charge is 0.494 e. The lowest BCUT2D eigenvalue weighted by atomic mass is 9.87. The highest BCUT2D eigenvalue weighted by atomic mass is 79.9. The first kappa shape index (κ1) is 22.4. The van der Waals surface area contributed by atoms with Crippen LogP contribution in [0.15, 0.2) is 46.9 Å². The van der Waals surface area contributed by atoms with E-state index in [2.05, 4.69) is 59.5 Å². The van der Waals surface area contributed by atoms with Crippen LogP contribution in [0.2, 0.25) is 0 Å². The van der Waals surface area contributed by atoms with E-state index in [9.17, 15) is 4.79 Å². The van der Waals surface area contributed by atoms with Crippen molar-refractivity contribution in [2.45, 2.75) is 46.0 Å². The van der Waals surface area contributed by atoms with Crippen molar-refractivity contribution in [1.29, 1.82) is 0 Å². The Morgan fingerprint density at radius 2 is 1.82 bits per heavy atom. The molecular formula is C22H27BrN2O2S. The average Bonchev–Trinajstić information content (AvgIpc) is 2.61. The van der Waals surface area contributed by atoms with Gasteiger partial charge in [0.15, 0.2) is 5.11 Å². The number of ether oxygens (including phenoxy) is 1. The van der Waals surface area contributed by atoms with E-state index in [0.29, 0.717) is 19.4 Å². The van der Waals surface area contributed by atoms with Crippen LogP contribution in [0.1, 0.15) is 44.7 Å². The molecule has 2 rings (SSSR count). The summed E-state index contributed by atoms with van der Waals surface area (Å²) < 4.78 is 6.62. The summed E-state index contributed by atoms with van der Waals surface area (Å²) >= 11 is 8.69. The number of anilines is 1. The number of carbonyl (C=O) groups excluding carboxylic acids is 1. The molecule has 0 unspecified atom stereocenters. The van der Waals surface area contributed by atoms with E-state index in [1.165, 1.54) is 5.56 Å². The Morgan fingerprint density at radius 3 is 2.43 bits per heavy atom. The fourth-order valence-corrected chi connectivity index (χ4v) is 3.35. The molecule has 28 heavy (non-hydrogen) atoms. The van der Waals surface area contributed by atoms with Crippen molar-refractivity contribution in [2.24, 2.45) is 0 Å². The summed E-state index contributed by atoms with van der Waals surface area (Å²) in [7, 11) is 0. The SMILES string of the molecule is Cc1ccc(NC(=S)NC(=O)CCCOc2ccc(C(C)(C)C)cc2)c(Br)c1. The Bertz CT molecular complexity index is 829. The molecule has 0 saturated carbocycles. The highest BCUT2D eigenvalue weighted by Crippen LogP contribution is 2.24. The smallest absolute Gasteiger partial charge is 0.226 e. The maximum absolute atomic E-state index is 12.0. The second-order valence-electron chi connectivity index (χ2n) is 7.71. The van der Waals surface area contributed by atoms with Gasteiger partial charge in [0.25, 0.3) is 0 Å². The molecule has 0 spiro atoms. The molecule has 0 atom stereocenters. The fraction of sp³-hybridized carbons (Fsp3) is 0.364. The molecule has 2 N–H and O–H groups in total. The summed E-state index contributed by atoms with van der Waals surface area (Å²) in [6.07, 6.45) is 0.959. The summed E-state index contributed by atoms with van der Waals surface area (Å²) in [4.78, 5) is 12.0. The first-order chi connectivity index (χ1) is 13.1. The number of rotatable bonds is 6. The Kier molecular flexibility index (Phi) is 8.01. The maximum atomic E-state index is 12.0. The molecule has 4 nitrogen and oxygen atoms in total. The normalized spacial score (nSPS) is 11.0. The van der Waals surface area contributed by atoms with Crippen molar-refractivity contribution in [3.05, 3.63) is 58.1 Å². The topological polar surface area (TPSA) is 50.4 Å². The van der Waals surface area contributed by atoms with Crippen molar-refractivity contribution in [3.8, 4) is 5.75 Å². The predicted octanol–water partition coefficient (Wildman–Crippen LogP) is 5.73. The molecule has 150 valence electrons. The molecule has 2 aromatic carbocycles. The Morgan fingerprint density at radius 1 is 1.14 bits per heavy atom. The van der Waals surface area contributed by atoms with E-state index in [4.69, 9.17) is 17.0 Å². The van der Waals surface area contributed by atoms with Gasteiger partial charge in [0.1, 0.15) is 5.75 Å². The highest BCUT2D eigenvalue weighted by Gasteiger charge is 2.13. The van der Waals surface area contributed by atoms with Gasteiger partial charge in [-0.2, -0.15) is 0 Å². The van der Waals surface area contributed by atoms with Gasteiger partial charge in [-0.25, -0.2) is 0 Å². The highest BCUT2D eigenvalue weighted by molar-refractivity contribution is 9.10. The second kappa shape index (κ2) is 10.0. The average molecular weight is 463 g/mol. The van der Waals surface area contributed by atoms with Gasteiger partial charge < -0.3 is 15.4 Å². The minimum absolute atomic E-state index is 0.122. The number of carbonyl (C=O) groups is 1. The van der Waals surface area contributed by atoms with Crippen LogP contribution in [0.3, 0.4) is 0 Å². The molecule has 0 fully saturated rings. The van der Waals surface area contributed by atoms with Crippen molar-refractivity contribution < 1.29 is 9.53 Å². The molecule has 1 amide bonds. The number of thiocarbonyl (C=S) groups is 1. The molecule has 0 aromatic heterocycles. The van der Waals surface area contributed by atoms with Crippen molar-refractivity contribution in [2.75, 3.05) is 11.9 Å². The maximum Gasteiger partial charge on any atom is 0.226 e. The number of hydrogen-bond acceptors (Lipinski definition) is 3. The molecule has 0 bridgehead atoms. The third-order valence-electron chi connectivity index (χ3n) is 4.16. The molecule has 6 heteroatoms. The van der Waals surface area contributed by atoms with Gasteiger partial charge in [0.05, 0.1) is 12.3 Å². The summed E-state index contributed by atoms with van der Waals surface area (Å²) in [6.45, 7) is 9.02. The first-order valence-electron chi connectivity index (χ1n) is 9.25. The van der Waals surface area contributed by atoms with Gasteiger partial charge in [0.2, 0.25) is 5.91 Å². The van der Waals surface area contributed by atoms with Crippen LogP contribution in [0, 0.1) is 6.92 Å². The lowest BCUT2D eigenvalue weighted by Gasteiger charge is -2.19. The summed E-state index contributed by atoms with van der Waals surface area (Å²) in [5.74, 6) is 0.683. The van der Waals surface area contributed by atoms with Crippen LogP contribution >= 0.6 is 28.1 Å². The fourth-order valence-electron chi connectivity index (χ4n) is 2.54. The quantitative estimate of drug-likeness (QED) is 0.425. The zero-order chi connectivity index (χ0) is 20.7. The Balaban J connectivity index is 1.70. The number of aryl methyl sites for hydroxylation is 1. The predicted molar refractivity (Wildman–Crippen MR) is 123 cm³/mol. The number of halogens is 1. The number of hydrogen-bond donors (Lipinski definition) is 2. The van der Waals surface area contributed by atoms with Crippen LogP contribution in [0.25, 0.3) is 0 Å². The van der Waals surface area contributed by atoms with Gasteiger partial charge in [-0.3, -0.25) is 4.79 Å². The number of benzene rings is 2. The molecule has 0 radical (unpaired) electrons. The summed E-state index contributed by atoms with van der Waals surface area (Å²) in [5.41, 5.74) is 3.34. The first-order valence-corrected chi connectivity index (χ1v) is 10.5. The molecule has 0 aliphatic carbocycles. The molecule has 0 saturated heterocycles. The molecule has 2 aromatic rings. The van der Waals surface area contributed by atoms with Gasteiger partial charge in [-0.05, 0) is 82.3 Å². The van der Waals surface area contributed by atoms with E-state index >= 15 is 0 Å². The van der Waals surface area contributed by atoms with Crippen LogP contribution < -0.4 is 15.4 Å². The number of nitrogens with one attached hydrogen (secondary N) is 2. The van der Waals surface area contributed by atoms with Gasteiger partial charge >= 0.3 is 0 Å². The third kappa shape index (κ3) is 7.24. The summed E-state index contributed by atoms with van der Waals surface area (Å²) in [5, 5.41) is 6.01. The standard InChI is InChI=1S/C22H27BrN2O2S/c1-15-7-12-19(18(23)14-15)24-21(28)25-20(26)6-5-13-27-17-10-8-16(9-11-17)22(2,3)4/h7-12,14H,5-6,13H2,1-4H3,(H2,24,25,26,28). The molecule has 0 aliphatic heterocycles. The summed E-state index contributed by atoms with van der Waals surface area (Å²) in [6, 6.07) is 14.0. The molecule has 0 aliphatic rings. The third-order valence-corrected chi connectivity index (χ3v) is 5.02. The molecular weight excluding hydrogens is 436 g/mol. The lowest BCUT2D eigenvalue weighted by molar-refractivity contribution is -0.119. The number of amides is 1. The Hall–Kier alpha value is -1.92. The van der Waals surface area contributed by atoms with E-state index in [-0.39, 0.29) is 16.4 Å². The molecule has 0 heterocycles. The van der Waals surface area contributed by atoms with Crippen molar-refractivity contribution >= 4 is 44.9 Å². The van der Waals surface area contributed by atoms with E-state index < -0.39 is 0 Å². The van der Waals surface area contributed by atoms with Gasteiger partial charge in [0, 0.05) is 10.9 Å². The van der Waals surface area contributed by atoms with Crippen molar-refractivity contribution in [3.63, 3.8) is 0 Å². The van der Waals surface area contributed by atoms with Gasteiger partial charge in [-0.1, -0.05) is 39.0 Å². The van der Waals surface area contributed by atoms with Gasteiger partial charge in [-0.15, -0.1) is 0 Å². The van der Waals surface area contributed by atoms with Crippen molar-refractivity contribution in [1.82, 2.24) is 5.32 Å². The van der Waals surface area contributed by atoms with Crippen LogP contribution in [-0.4, -0.2) is 17.6 Å². The van der Waals surface area contributed by atoms with E-state index in [0.717, 1.165) is 21.5 Å².